The minimum Gasteiger partial charge on any atom is -0.482 e. The van der Waals surface area contributed by atoms with Gasteiger partial charge in [-0.05, 0) is 35.1 Å². The van der Waals surface area contributed by atoms with E-state index in [1.165, 1.54) is 11.3 Å². The Labute approximate surface area is 225 Å². The standard InChI is InChI=1S/C25H20Cl2N6O3S/c26-17-5-3-6-18(27)22(17)16-12-25(36-19-7-2-1-4-15(16)19)8-10-32(11-9-25)24-28-13-20(37-24)23-29-31-33(30-23)14-21(34)35/h1-7,12-13H,8-11,14H2,(H,34,35). The number of aromatic nitrogens is 5. The number of anilines is 1. The number of nitrogens with zero attached hydrogens (tertiary/aromatic N) is 6. The van der Waals surface area contributed by atoms with E-state index in [0.717, 1.165) is 63.2 Å². The van der Waals surface area contributed by atoms with Crippen LogP contribution in [-0.4, -0.2) is 55.0 Å². The fraction of sp³-hybridized carbons (Fsp3) is 0.240. The molecule has 0 amide bonds. The van der Waals surface area contributed by atoms with Gasteiger partial charge in [-0.1, -0.05) is 58.8 Å². The number of para-hydroxylation sites is 1. The molecule has 4 heterocycles. The van der Waals surface area contributed by atoms with Crippen molar-refractivity contribution in [2.24, 2.45) is 0 Å². The third-order valence-electron chi connectivity index (χ3n) is 6.45. The molecule has 1 spiro atoms. The van der Waals surface area contributed by atoms with Crippen LogP contribution in [0.2, 0.25) is 10.0 Å². The van der Waals surface area contributed by atoms with Crippen LogP contribution in [0.4, 0.5) is 5.13 Å². The first-order chi connectivity index (χ1) is 17.9. The minimum atomic E-state index is -1.03. The molecule has 0 bridgehead atoms. The Bertz CT molecular complexity index is 1510. The Hall–Kier alpha value is -3.47. The molecule has 2 aliphatic heterocycles. The molecule has 0 aliphatic carbocycles. The first-order valence-electron chi connectivity index (χ1n) is 11.6. The van der Waals surface area contributed by atoms with Crippen LogP contribution in [0.15, 0.2) is 54.7 Å². The van der Waals surface area contributed by atoms with Crippen molar-refractivity contribution in [1.29, 1.82) is 0 Å². The molecule has 4 aromatic rings. The molecule has 12 heteroatoms. The van der Waals surface area contributed by atoms with Gasteiger partial charge in [0.2, 0.25) is 5.82 Å². The normalized spacial score (nSPS) is 16.3. The molecule has 0 unspecified atom stereocenters. The van der Waals surface area contributed by atoms with Crippen LogP contribution in [0.3, 0.4) is 0 Å². The first-order valence-corrected chi connectivity index (χ1v) is 13.1. The lowest BCUT2D eigenvalue weighted by atomic mass is 9.83. The van der Waals surface area contributed by atoms with Gasteiger partial charge in [0.15, 0.2) is 11.7 Å². The summed E-state index contributed by atoms with van der Waals surface area (Å²) < 4.78 is 6.60. The summed E-state index contributed by atoms with van der Waals surface area (Å²) in [4.78, 5) is 19.4. The van der Waals surface area contributed by atoms with Gasteiger partial charge >= 0.3 is 5.97 Å². The SMILES string of the molecule is O=C(O)Cn1nnc(-c2cnc(N3CCC4(C=C(c5c(Cl)cccc5Cl)c5ccccc5O4)CC3)s2)n1. The zero-order valence-corrected chi connectivity index (χ0v) is 21.7. The van der Waals surface area contributed by atoms with Gasteiger partial charge in [-0.15, -0.1) is 10.2 Å². The van der Waals surface area contributed by atoms with Crippen molar-refractivity contribution in [1.82, 2.24) is 25.2 Å². The highest BCUT2D eigenvalue weighted by atomic mass is 35.5. The number of carboxylic acid groups (broad SMARTS) is 1. The van der Waals surface area contributed by atoms with Crippen molar-refractivity contribution in [3.63, 3.8) is 0 Å². The number of benzene rings is 2. The second-order valence-electron chi connectivity index (χ2n) is 8.85. The molecule has 0 saturated carbocycles. The monoisotopic (exact) mass is 554 g/mol. The number of ether oxygens (including phenoxy) is 1. The molecule has 2 aliphatic rings. The van der Waals surface area contributed by atoms with Crippen molar-refractivity contribution in [2.75, 3.05) is 18.0 Å². The maximum atomic E-state index is 10.9. The molecule has 2 aromatic carbocycles. The number of thiazole rings is 1. The lowest BCUT2D eigenvalue weighted by Crippen LogP contribution is -2.48. The highest BCUT2D eigenvalue weighted by Gasteiger charge is 2.40. The first kappa shape index (κ1) is 23.9. The Morgan fingerprint density at radius 1 is 1.11 bits per heavy atom. The van der Waals surface area contributed by atoms with Gasteiger partial charge in [-0.3, -0.25) is 4.79 Å². The number of piperidine rings is 1. The van der Waals surface area contributed by atoms with Crippen LogP contribution in [0, 0.1) is 0 Å². The molecule has 2 aromatic heterocycles. The molecule has 9 nitrogen and oxygen atoms in total. The van der Waals surface area contributed by atoms with E-state index < -0.39 is 11.6 Å². The van der Waals surface area contributed by atoms with Gasteiger partial charge in [0.25, 0.3) is 0 Å². The number of rotatable bonds is 5. The predicted molar refractivity (Wildman–Crippen MR) is 141 cm³/mol. The van der Waals surface area contributed by atoms with E-state index in [1.807, 2.05) is 42.5 Å². The molecular formula is C25H20Cl2N6O3S. The number of hydrogen-bond acceptors (Lipinski definition) is 8. The van der Waals surface area contributed by atoms with Gasteiger partial charge in [-0.25, -0.2) is 4.98 Å². The van der Waals surface area contributed by atoms with Crippen molar-refractivity contribution >= 4 is 51.2 Å². The number of carboxylic acids is 1. The summed E-state index contributed by atoms with van der Waals surface area (Å²) in [5.41, 5.74) is 2.28. The van der Waals surface area contributed by atoms with Gasteiger partial charge in [0.05, 0.1) is 11.1 Å². The summed E-state index contributed by atoms with van der Waals surface area (Å²) in [6.45, 7) is 1.12. The summed E-state index contributed by atoms with van der Waals surface area (Å²) in [6, 6.07) is 13.5. The zero-order valence-electron chi connectivity index (χ0n) is 19.3. The quantitative estimate of drug-likeness (QED) is 0.365. The number of fused-ring (bicyclic) bond motifs is 1. The second-order valence-corrected chi connectivity index (χ2v) is 10.7. The molecule has 0 atom stereocenters. The fourth-order valence-electron chi connectivity index (χ4n) is 4.70. The summed E-state index contributed by atoms with van der Waals surface area (Å²) in [6.07, 6.45) is 5.36. The molecule has 188 valence electrons. The maximum absolute atomic E-state index is 10.9. The van der Waals surface area contributed by atoms with Gasteiger partial charge < -0.3 is 14.7 Å². The summed E-state index contributed by atoms with van der Waals surface area (Å²) in [5, 5.41) is 22.9. The lowest BCUT2D eigenvalue weighted by molar-refractivity contribution is -0.138. The number of tetrazole rings is 1. The average molecular weight is 555 g/mol. The molecule has 1 saturated heterocycles. The van der Waals surface area contributed by atoms with Crippen molar-refractivity contribution < 1.29 is 14.6 Å². The second kappa shape index (κ2) is 9.44. The Kier molecular flexibility index (Phi) is 6.10. The van der Waals surface area contributed by atoms with E-state index in [9.17, 15) is 4.79 Å². The number of aliphatic carboxylic acids is 1. The summed E-state index contributed by atoms with van der Waals surface area (Å²) in [7, 11) is 0. The third-order valence-corrected chi connectivity index (χ3v) is 8.14. The van der Waals surface area contributed by atoms with Gasteiger partial charge in [-0.2, -0.15) is 4.80 Å². The summed E-state index contributed by atoms with van der Waals surface area (Å²) in [5.74, 6) is 0.143. The molecular weight excluding hydrogens is 535 g/mol. The smallest absolute Gasteiger partial charge is 0.327 e. The van der Waals surface area contributed by atoms with E-state index >= 15 is 0 Å². The topological polar surface area (TPSA) is 106 Å². The number of hydrogen-bond donors (Lipinski definition) is 1. The highest BCUT2D eigenvalue weighted by molar-refractivity contribution is 7.18. The predicted octanol–water partition coefficient (Wildman–Crippen LogP) is 5.05. The third kappa shape index (κ3) is 4.56. The molecule has 1 N–H and O–H groups in total. The Morgan fingerprint density at radius 2 is 1.86 bits per heavy atom. The minimum absolute atomic E-state index is 0.342. The van der Waals surface area contributed by atoms with Crippen LogP contribution in [0.25, 0.3) is 16.3 Å². The maximum Gasteiger partial charge on any atom is 0.327 e. The van der Waals surface area contributed by atoms with E-state index in [1.54, 1.807) is 6.20 Å². The highest BCUT2D eigenvalue weighted by Crippen LogP contribution is 2.46. The van der Waals surface area contributed by atoms with Gasteiger partial charge in [0.1, 0.15) is 11.4 Å². The number of halogens is 2. The lowest BCUT2D eigenvalue weighted by Gasteiger charge is -2.43. The van der Waals surface area contributed by atoms with Crippen LogP contribution < -0.4 is 9.64 Å². The summed E-state index contributed by atoms with van der Waals surface area (Å²) >= 11 is 14.7. The van der Waals surface area contributed by atoms with Crippen LogP contribution in [-0.2, 0) is 11.3 Å². The Morgan fingerprint density at radius 3 is 2.62 bits per heavy atom. The van der Waals surface area contributed by atoms with Crippen LogP contribution in [0.1, 0.15) is 24.0 Å². The van der Waals surface area contributed by atoms with Gasteiger partial charge in [0, 0.05) is 47.1 Å². The fourth-order valence-corrected chi connectivity index (χ4v) is 6.19. The van der Waals surface area contributed by atoms with Crippen molar-refractivity contribution in [3.05, 3.63) is 75.9 Å². The van der Waals surface area contributed by atoms with E-state index in [2.05, 4.69) is 31.4 Å². The zero-order chi connectivity index (χ0) is 25.6. The van der Waals surface area contributed by atoms with E-state index in [0.29, 0.717) is 15.9 Å². The molecule has 37 heavy (non-hydrogen) atoms. The number of carbonyl (C=O) groups is 1. The van der Waals surface area contributed by atoms with Crippen LogP contribution >= 0.6 is 34.5 Å². The molecule has 6 rings (SSSR count). The van der Waals surface area contributed by atoms with E-state index in [4.69, 9.17) is 33.0 Å². The molecule has 1 fully saturated rings. The van der Waals surface area contributed by atoms with Crippen molar-refractivity contribution in [3.8, 4) is 16.5 Å². The van der Waals surface area contributed by atoms with Crippen LogP contribution in [0.5, 0.6) is 5.75 Å². The average Bonchev–Trinajstić information content (AvgIpc) is 3.54. The van der Waals surface area contributed by atoms with Crippen molar-refractivity contribution in [2.45, 2.75) is 25.0 Å². The van der Waals surface area contributed by atoms with E-state index in [-0.39, 0.29) is 6.54 Å². The molecule has 0 radical (unpaired) electrons. The largest absolute Gasteiger partial charge is 0.482 e. The Balaban J connectivity index is 1.25.